The second kappa shape index (κ2) is 4.58. The number of thioether (sulfide) groups is 1. The first kappa shape index (κ1) is 11.0. The quantitative estimate of drug-likeness (QED) is 0.630. The van der Waals surface area contributed by atoms with Crippen LogP contribution in [0.3, 0.4) is 0 Å². The van der Waals surface area contributed by atoms with E-state index in [1.54, 1.807) is 23.9 Å². The number of hydrogen-bond acceptors (Lipinski definition) is 2. The van der Waals surface area contributed by atoms with Crippen molar-refractivity contribution >= 4 is 17.4 Å². The maximum absolute atomic E-state index is 12.8. The Balaban J connectivity index is 2.44. The fourth-order valence-corrected chi connectivity index (χ4v) is 2.08. The summed E-state index contributed by atoms with van der Waals surface area (Å²) in [4.78, 5) is 1.04. The van der Waals surface area contributed by atoms with Crippen molar-refractivity contribution < 1.29 is 4.39 Å². The van der Waals surface area contributed by atoms with Crippen LogP contribution in [0.4, 0.5) is 10.1 Å². The summed E-state index contributed by atoms with van der Waals surface area (Å²) in [6.45, 7) is 0. The van der Waals surface area contributed by atoms with Crippen LogP contribution in [0.1, 0.15) is 0 Å². The third-order valence-corrected chi connectivity index (χ3v) is 3.20. The van der Waals surface area contributed by atoms with Gasteiger partial charge in [-0.2, -0.15) is 0 Å². The number of anilines is 1. The average Bonchev–Trinajstić information content (AvgIpc) is 2.31. The number of rotatable bonds is 2. The molecule has 2 aromatic carbocycles. The first-order valence-electron chi connectivity index (χ1n) is 4.90. The largest absolute Gasteiger partial charge is 0.398 e. The Kier molecular flexibility index (Phi) is 3.15. The van der Waals surface area contributed by atoms with Crippen LogP contribution < -0.4 is 5.73 Å². The van der Waals surface area contributed by atoms with Crippen molar-refractivity contribution in [2.45, 2.75) is 4.90 Å². The van der Waals surface area contributed by atoms with Gasteiger partial charge in [0.25, 0.3) is 0 Å². The van der Waals surface area contributed by atoms with Crippen molar-refractivity contribution in [3.63, 3.8) is 0 Å². The minimum atomic E-state index is -0.218. The minimum absolute atomic E-state index is 0.218. The predicted octanol–water partition coefficient (Wildman–Crippen LogP) is 3.80. The lowest BCUT2D eigenvalue weighted by atomic mass is 10.1. The van der Waals surface area contributed by atoms with Crippen molar-refractivity contribution in [1.82, 2.24) is 0 Å². The molecule has 2 aromatic rings. The van der Waals surface area contributed by atoms with E-state index >= 15 is 0 Å². The second-order valence-electron chi connectivity index (χ2n) is 3.46. The summed E-state index contributed by atoms with van der Waals surface area (Å²) >= 11 is 1.61. The first-order valence-corrected chi connectivity index (χ1v) is 6.12. The van der Waals surface area contributed by atoms with Gasteiger partial charge in [0, 0.05) is 10.6 Å². The van der Waals surface area contributed by atoms with Gasteiger partial charge in [-0.05, 0) is 41.6 Å². The zero-order valence-electron chi connectivity index (χ0n) is 8.91. The number of halogens is 1. The molecule has 0 atom stereocenters. The van der Waals surface area contributed by atoms with Gasteiger partial charge in [-0.25, -0.2) is 4.39 Å². The van der Waals surface area contributed by atoms with Crippen LogP contribution in [-0.2, 0) is 0 Å². The molecule has 0 aliphatic carbocycles. The van der Waals surface area contributed by atoms with E-state index in [4.69, 9.17) is 5.73 Å². The summed E-state index contributed by atoms with van der Waals surface area (Å²) in [6, 6.07) is 12.3. The Morgan fingerprint density at radius 3 is 2.25 bits per heavy atom. The van der Waals surface area contributed by atoms with E-state index < -0.39 is 0 Å². The van der Waals surface area contributed by atoms with Gasteiger partial charge in [0.15, 0.2) is 0 Å². The van der Waals surface area contributed by atoms with Gasteiger partial charge in [0.2, 0.25) is 0 Å². The lowest BCUT2D eigenvalue weighted by Crippen LogP contribution is -1.88. The first-order chi connectivity index (χ1) is 7.70. The minimum Gasteiger partial charge on any atom is -0.398 e. The molecule has 1 nitrogen and oxygen atoms in total. The van der Waals surface area contributed by atoms with Crippen molar-refractivity contribution in [1.29, 1.82) is 0 Å². The van der Waals surface area contributed by atoms with Crippen LogP contribution in [-0.4, -0.2) is 6.26 Å². The fraction of sp³-hybridized carbons (Fsp3) is 0.0769. The Hall–Kier alpha value is -1.48. The molecular formula is C13H12FNS. The molecule has 0 aliphatic heterocycles. The van der Waals surface area contributed by atoms with Crippen molar-refractivity contribution in [3.8, 4) is 11.1 Å². The Morgan fingerprint density at radius 2 is 1.62 bits per heavy atom. The number of hydrogen-bond donors (Lipinski definition) is 1. The van der Waals surface area contributed by atoms with E-state index in [-0.39, 0.29) is 5.82 Å². The normalized spacial score (nSPS) is 10.4. The highest BCUT2D eigenvalue weighted by molar-refractivity contribution is 7.98. The fourth-order valence-electron chi connectivity index (χ4n) is 1.53. The lowest BCUT2D eigenvalue weighted by Gasteiger charge is -2.06. The van der Waals surface area contributed by atoms with Crippen molar-refractivity contribution in [2.75, 3.05) is 12.0 Å². The predicted molar refractivity (Wildman–Crippen MR) is 68.0 cm³/mol. The molecule has 0 heterocycles. The highest BCUT2D eigenvalue weighted by Gasteiger charge is 2.02. The van der Waals surface area contributed by atoms with Crippen LogP contribution >= 0.6 is 11.8 Å². The van der Waals surface area contributed by atoms with Gasteiger partial charge in [0.05, 0.1) is 0 Å². The maximum Gasteiger partial charge on any atom is 0.123 e. The van der Waals surface area contributed by atoms with E-state index in [1.165, 1.54) is 12.1 Å². The van der Waals surface area contributed by atoms with Gasteiger partial charge in [-0.3, -0.25) is 0 Å². The monoisotopic (exact) mass is 233 g/mol. The zero-order chi connectivity index (χ0) is 11.5. The van der Waals surface area contributed by atoms with Crippen LogP contribution in [0, 0.1) is 5.82 Å². The Labute approximate surface area is 98.5 Å². The zero-order valence-corrected chi connectivity index (χ0v) is 9.72. The molecule has 0 amide bonds. The summed E-state index contributed by atoms with van der Waals surface area (Å²) in [5.74, 6) is -0.218. The third-order valence-electron chi connectivity index (χ3n) is 2.41. The lowest BCUT2D eigenvalue weighted by molar-refractivity contribution is 0.628. The second-order valence-corrected chi connectivity index (χ2v) is 4.31. The van der Waals surface area contributed by atoms with Crippen LogP contribution in [0.2, 0.25) is 0 Å². The summed E-state index contributed by atoms with van der Waals surface area (Å²) in [5.41, 5.74) is 8.65. The van der Waals surface area contributed by atoms with Crippen LogP contribution in [0.15, 0.2) is 47.4 Å². The number of nitrogens with two attached hydrogens (primary N) is 1. The molecule has 3 heteroatoms. The summed E-state index contributed by atoms with van der Waals surface area (Å²) in [7, 11) is 0. The molecule has 0 radical (unpaired) electrons. The SMILES string of the molecule is CSc1cc(-c2ccc(F)cc2)ccc1N. The maximum atomic E-state index is 12.8. The molecule has 82 valence electrons. The smallest absolute Gasteiger partial charge is 0.123 e. The molecule has 2 rings (SSSR count). The Bertz CT molecular complexity index is 494. The third kappa shape index (κ3) is 2.19. The van der Waals surface area contributed by atoms with E-state index in [2.05, 4.69) is 0 Å². The van der Waals surface area contributed by atoms with Crippen LogP contribution in [0.5, 0.6) is 0 Å². The number of nitrogen functional groups attached to an aromatic ring is 1. The molecule has 0 bridgehead atoms. The van der Waals surface area contributed by atoms with Gasteiger partial charge in [-0.1, -0.05) is 18.2 Å². The van der Waals surface area contributed by atoms with E-state index in [0.717, 1.165) is 21.7 Å². The standard InChI is InChI=1S/C13H12FNS/c1-16-13-8-10(4-7-12(13)15)9-2-5-11(14)6-3-9/h2-8H,15H2,1H3. The number of benzene rings is 2. The molecule has 0 saturated carbocycles. The van der Waals surface area contributed by atoms with E-state index in [9.17, 15) is 4.39 Å². The van der Waals surface area contributed by atoms with Crippen molar-refractivity contribution in [2.24, 2.45) is 0 Å². The molecule has 0 saturated heterocycles. The molecule has 16 heavy (non-hydrogen) atoms. The topological polar surface area (TPSA) is 26.0 Å². The molecule has 0 fully saturated rings. The van der Waals surface area contributed by atoms with E-state index in [1.807, 2.05) is 24.5 Å². The molecular weight excluding hydrogens is 221 g/mol. The summed E-state index contributed by atoms with van der Waals surface area (Å²) in [5, 5.41) is 0. The molecule has 0 spiro atoms. The highest BCUT2D eigenvalue weighted by Crippen LogP contribution is 2.29. The van der Waals surface area contributed by atoms with E-state index in [0.29, 0.717) is 0 Å². The van der Waals surface area contributed by atoms with Gasteiger partial charge < -0.3 is 5.73 Å². The molecule has 0 aliphatic rings. The van der Waals surface area contributed by atoms with Crippen molar-refractivity contribution in [3.05, 3.63) is 48.3 Å². The Morgan fingerprint density at radius 1 is 1.00 bits per heavy atom. The van der Waals surface area contributed by atoms with Gasteiger partial charge in [0.1, 0.15) is 5.82 Å². The molecule has 2 N–H and O–H groups in total. The average molecular weight is 233 g/mol. The molecule has 0 aromatic heterocycles. The van der Waals surface area contributed by atoms with Crippen LogP contribution in [0.25, 0.3) is 11.1 Å². The summed E-state index contributed by atoms with van der Waals surface area (Å²) in [6.07, 6.45) is 1.99. The summed E-state index contributed by atoms with van der Waals surface area (Å²) < 4.78 is 12.8. The highest BCUT2D eigenvalue weighted by atomic mass is 32.2. The molecule has 0 unspecified atom stereocenters. The van der Waals surface area contributed by atoms with Gasteiger partial charge in [-0.15, -0.1) is 11.8 Å². The van der Waals surface area contributed by atoms with Gasteiger partial charge >= 0.3 is 0 Å².